The minimum absolute atomic E-state index is 0. The Bertz CT molecular complexity index is 679. The van der Waals surface area contributed by atoms with Gasteiger partial charge >= 0.3 is 0 Å². The second-order valence-electron chi connectivity index (χ2n) is 5.15. The van der Waals surface area contributed by atoms with Gasteiger partial charge in [0, 0.05) is 26.5 Å². The number of hydrogen-bond donors (Lipinski definition) is 1. The Kier molecular flexibility index (Phi) is 5.90. The standard InChI is InChI=1S/C16H17F2N3O.CH4.H2/c1-4-13(22)12-7-10(2)15(21-12)11-5-6-19-14(8-11)20-9-16(3,17)18;;/h5-8H,2,4,9H2,1,3H3,(H,19,20);1H4;1H. The summed E-state index contributed by atoms with van der Waals surface area (Å²) < 4.78 is 25.8. The summed E-state index contributed by atoms with van der Waals surface area (Å²) in [5, 5.41) is 2.58. The first-order valence-corrected chi connectivity index (χ1v) is 6.91. The van der Waals surface area contributed by atoms with E-state index >= 15 is 0 Å². The van der Waals surface area contributed by atoms with Gasteiger partial charge in [-0.05, 0) is 23.8 Å². The third-order valence-electron chi connectivity index (χ3n) is 3.07. The number of nitrogens with zero attached hydrogens (tertiary/aromatic N) is 2. The number of carbonyl (C=O) groups is 1. The molecule has 2 rings (SSSR count). The second kappa shape index (κ2) is 7.26. The maximum Gasteiger partial charge on any atom is 0.262 e. The highest BCUT2D eigenvalue weighted by molar-refractivity contribution is 6.19. The topological polar surface area (TPSA) is 54.4 Å². The van der Waals surface area contributed by atoms with E-state index in [1.807, 2.05) is 0 Å². The van der Waals surface area contributed by atoms with Crippen LogP contribution in [0.5, 0.6) is 0 Å². The van der Waals surface area contributed by atoms with Crippen LogP contribution in [0.4, 0.5) is 14.6 Å². The molecule has 0 aliphatic carbocycles. The first kappa shape index (κ1) is 18.7. The lowest BCUT2D eigenvalue weighted by molar-refractivity contribution is -0.115. The summed E-state index contributed by atoms with van der Waals surface area (Å²) in [6, 6.07) is 3.31. The molecule has 1 aliphatic rings. The summed E-state index contributed by atoms with van der Waals surface area (Å²) >= 11 is 0. The fourth-order valence-electron chi connectivity index (χ4n) is 1.95. The fraction of sp³-hybridized carbons (Fsp3) is 0.353. The van der Waals surface area contributed by atoms with Crippen LogP contribution in [0.25, 0.3) is 0 Å². The predicted octanol–water partition coefficient (Wildman–Crippen LogP) is 4.25. The van der Waals surface area contributed by atoms with Crippen LogP contribution in [0.1, 0.15) is 34.7 Å². The van der Waals surface area contributed by atoms with Crippen molar-refractivity contribution in [2.45, 2.75) is 33.6 Å². The normalized spacial score (nSPS) is 14.0. The number of pyridine rings is 1. The monoisotopic (exact) mass is 323 g/mol. The van der Waals surface area contributed by atoms with Crippen LogP contribution in [-0.2, 0) is 4.79 Å². The van der Waals surface area contributed by atoms with Crippen LogP contribution in [0, 0.1) is 0 Å². The zero-order valence-electron chi connectivity index (χ0n) is 12.5. The maximum atomic E-state index is 12.9. The summed E-state index contributed by atoms with van der Waals surface area (Å²) in [5.41, 5.74) is 2.23. The van der Waals surface area contributed by atoms with Crippen LogP contribution in [0.15, 0.2) is 47.2 Å². The molecule has 2 heterocycles. The van der Waals surface area contributed by atoms with Gasteiger partial charge in [-0.3, -0.25) is 4.79 Å². The van der Waals surface area contributed by atoms with Crippen molar-refractivity contribution in [3.8, 4) is 0 Å². The molecule has 1 aromatic rings. The number of aliphatic imine (C=N–C) groups is 1. The number of carbonyl (C=O) groups excluding carboxylic acids is 1. The molecule has 0 radical (unpaired) electrons. The maximum absolute atomic E-state index is 12.9. The average molecular weight is 323 g/mol. The molecule has 6 heteroatoms. The van der Waals surface area contributed by atoms with Gasteiger partial charge in [0.25, 0.3) is 5.92 Å². The van der Waals surface area contributed by atoms with Crippen LogP contribution in [0.3, 0.4) is 0 Å². The van der Waals surface area contributed by atoms with E-state index in [1.54, 1.807) is 25.1 Å². The van der Waals surface area contributed by atoms with E-state index < -0.39 is 12.5 Å². The summed E-state index contributed by atoms with van der Waals surface area (Å²) in [4.78, 5) is 20.0. The van der Waals surface area contributed by atoms with E-state index in [9.17, 15) is 13.6 Å². The molecule has 126 valence electrons. The molecular weight excluding hydrogens is 300 g/mol. The molecule has 0 unspecified atom stereocenters. The third-order valence-corrected chi connectivity index (χ3v) is 3.07. The lowest BCUT2D eigenvalue weighted by Gasteiger charge is -2.12. The Labute approximate surface area is 136 Å². The first-order valence-electron chi connectivity index (χ1n) is 6.91. The molecule has 0 fully saturated rings. The van der Waals surface area contributed by atoms with Gasteiger partial charge in [-0.15, -0.1) is 0 Å². The van der Waals surface area contributed by atoms with Crippen molar-refractivity contribution in [2.24, 2.45) is 4.99 Å². The number of rotatable bonds is 6. The van der Waals surface area contributed by atoms with Crippen molar-refractivity contribution < 1.29 is 15.0 Å². The molecular formula is C17H23F2N3O. The molecule has 1 N–H and O–H groups in total. The smallest absolute Gasteiger partial charge is 0.262 e. The van der Waals surface area contributed by atoms with Crippen molar-refractivity contribution in [3.05, 3.63) is 47.8 Å². The van der Waals surface area contributed by atoms with Gasteiger partial charge in [0.05, 0.1) is 12.3 Å². The highest BCUT2D eigenvalue weighted by Crippen LogP contribution is 2.23. The molecule has 0 aromatic carbocycles. The molecule has 0 saturated carbocycles. The number of allylic oxidation sites excluding steroid dienone is 3. The van der Waals surface area contributed by atoms with E-state index in [2.05, 4.69) is 21.9 Å². The number of ketones is 1. The van der Waals surface area contributed by atoms with Gasteiger partial charge in [-0.1, -0.05) is 20.9 Å². The summed E-state index contributed by atoms with van der Waals surface area (Å²) in [5.74, 6) is -2.56. The number of hydrogen-bond acceptors (Lipinski definition) is 4. The summed E-state index contributed by atoms with van der Waals surface area (Å²) in [7, 11) is 0. The summed E-state index contributed by atoms with van der Waals surface area (Å²) in [6.45, 7) is 5.96. The van der Waals surface area contributed by atoms with Crippen LogP contribution in [0.2, 0.25) is 0 Å². The second-order valence-corrected chi connectivity index (χ2v) is 5.15. The number of Topliss-reactive ketones (excluding diaryl/α,β-unsaturated/α-hetero) is 1. The molecule has 0 amide bonds. The SMILES string of the molecule is C.C=C1C=C(C(=O)CC)N=C1c1ccnc(NCC(C)(F)F)c1.[HH]. The zero-order chi connectivity index (χ0) is 16.3. The Hall–Kier alpha value is -2.37. The largest absolute Gasteiger partial charge is 0.364 e. The molecule has 0 spiro atoms. The number of anilines is 1. The van der Waals surface area contributed by atoms with Crippen molar-refractivity contribution >= 4 is 17.3 Å². The number of alkyl halides is 2. The highest BCUT2D eigenvalue weighted by atomic mass is 19.3. The Morgan fingerprint density at radius 3 is 2.78 bits per heavy atom. The van der Waals surface area contributed by atoms with Gasteiger partial charge in [0.2, 0.25) is 0 Å². The van der Waals surface area contributed by atoms with Gasteiger partial charge in [0.1, 0.15) is 11.5 Å². The highest BCUT2D eigenvalue weighted by Gasteiger charge is 2.22. The average Bonchev–Trinajstić information content (AvgIpc) is 2.86. The number of aromatic nitrogens is 1. The summed E-state index contributed by atoms with van der Waals surface area (Å²) in [6.07, 6.45) is 3.50. The van der Waals surface area contributed by atoms with Crippen LogP contribution < -0.4 is 5.32 Å². The van der Waals surface area contributed by atoms with Gasteiger partial charge < -0.3 is 5.32 Å². The quantitative estimate of drug-likeness (QED) is 0.851. The van der Waals surface area contributed by atoms with E-state index in [-0.39, 0.29) is 14.6 Å². The van der Waals surface area contributed by atoms with Gasteiger partial charge in [-0.25, -0.2) is 18.8 Å². The van der Waals surface area contributed by atoms with Gasteiger partial charge in [-0.2, -0.15) is 0 Å². The minimum atomic E-state index is -2.82. The number of halogens is 2. The fourth-order valence-corrected chi connectivity index (χ4v) is 1.95. The Balaban J connectivity index is 0.00000264. The van der Waals surface area contributed by atoms with Crippen LogP contribution in [-0.4, -0.2) is 28.9 Å². The molecule has 1 aliphatic heterocycles. The minimum Gasteiger partial charge on any atom is -0.364 e. The van der Waals surface area contributed by atoms with E-state index in [4.69, 9.17) is 0 Å². The van der Waals surface area contributed by atoms with E-state index in [0.717, 1.165) is 6.92 Å². The van der Waals surface area contributed by atoms with Crippen molar-refractivity contribution in [1.82, 2.24) is 4.98 Å². The predicted molar refractivity (Wildman–Crippen MR) is 91.3 cm³/mol. The van der Waals surface area contributed by atoms with E-state index in [1.165, 1.54) is 6.20 Å². The molecule has 0 bridgehead atoms. The van der Waals surface area contributed by atoms with Crippen LogP contribution >= 0.6 is 0 Å². The third kappa shape index (κ3) is 4.81. The first-order chi connectivity index (χ1) is 10.3. The molecule has 4 nitrogen and oxygen atoms in total. The molecule has 1 aromatic heterocycles. The van der Waals surface area contributed by atoms with Crippen molar-refractivity contribution in [3.63, 3.8) is 0 Å². The number of nitrogens with one attached hydrogen (secondary N) is 1. The lowest BCUT2D eigenvalue weighted by Crippen LogP contribution is -2.23. The van der Waals surface area contributed by atoms with Gasteiger partial charge in [0.15, 0.2) is 5.78 Å². The van der Waals surface area contributed by atoms with Crippen molar-refractivity contribution in [2.75, 3.05) is 11.9 Å². The molecule has 0 saturated heterocycles. The lowest BCUT2D eigenvalue weighted by atomic mass is 10.1. The van der Waals surface area contributed by atoms with E-state index in [0.29, 0.717) is 34.8 Å². The Morgan fingerprint density at radius 1 is 1.48 bits per heavy atom. The molecule has 23 heavy (non-hydrogen) atoms. The Morgan fingerprint density at radius 2 is 2.17 bits per heavy atom. The van der Waals surface area contributed by atoms with Crippen molar-refractivity contribution in [1.29, 1.82) is 0 Å². The molecule has 0 atom stereocenters. The zero-order valence-corrected chi connectivity index (χ0v) is 12.5.